The Kier molecular flexibility index (Phi) is 6.75. The van der Waals surface area contributed by atoms with Crippen molar-refractivity contribution in [1.82, 2.24) is 20.4 Å². The van der Waals surface area contributed by atoms with Gasteiger partial charge in [-0.25, -0.2) is 0 Å². The highest BCUT2D eigenvalue weighted by atomic mass is 16.5. The first kappa shape index (κ1) is 18.4. The van der Waals surface area contributed by atoms with Crippen molar-refractivity contribution in [2.45, 2.75) is 64.7 Å². The van der Waals surface area contributed by atoms with Crippen LogP contribution in [0.4, 0.5) is 0 Å². The molecule has 0 bridgehead atoms. The van der Waals surface area contributed by atoms with Gasteiger partial charge in [-0.05, 0) is 19.3 Å². The first-order valence-corrected chi connectivity index (χ1v) is 8.89. The second-order valence-electron chi connectivity index (χ2n) is 6.61. The number of amides is 2. The Balaban J connectivity index is 2.06. The molecule has 7 heteroatoms. The first-order valence-electron chi connectivity index (χ1n) is 8.89. The fourth-order valence-corrected chi connectivity index (χ4v) is 2.86. The van der Waals surface area contributed by atoms with Crippen molar-refractivity contribution in [3.05, 3.63) is 11.7 Å². The topological polar surface area (TPSA) is 88.3 Å². The number of nitrogens with one attached hydrogen (secondary N) is 1. The van der Waals surface area contributed by atoms with E-state index in [0.717, 1.165) is 19.3 Å². The molecule has 0 saturated carbocycles. The molecule has 7 nitrogen and oxygen atoms in total. The third kappa shape index (κ3) is 5.04. The molecule has 2 amide bonds. The van der Waals surface area contributed by atoms with Crippen molar-refractivity contribution in [2.24, 2.45) is 0 Å². The second-order valence-corrected chi connectivity index (χ2v) is 6.61. The van der Waals surface area contributed by atoms with Crippen molar-refractivity contribution in [3.63, 3.8) is 0 Å². The standard InChI is InChI=1S/C17H28N4O3/c1-4-15(23)21-10-5-6-13(7-9-18-14(22)8-11-21)17-19-16(12(2)3)20-24-17/h12-13H,4-11H2,1-3H3,(H,18,22). The van der Waals surface area contributed by atoms with Crippen molar-refractivity contribution in [3.8, 4) is 0 Å². The van der Waals surface area contributed by atoms with E-state index in [4.69, 9.17) is 4.52 Å². The van der Waals surface area contributed by atoms with Crippen LogP contribution in [0.15, 0.2) is 4.52 Å². The number of rotatable bonds is 3. The number of hydrogen-bond acceptors (Lipinski definition) is 5. The Bertz CT molecular complexity index is 556. The van der Waals surface area contributed by atoms with E-state index in [0.29, 0.717) is 44.2 Å². The summed E-state index contributed by atoms with van der Waals surface area (Å²) in [4.78, 5) is 30.2. The summed E-state index contributed by atoms with van der Waals surface area (Å²) in [7, 11) is 0. The van der Waals surface area contributed by atoms with Crippen LogP contribution in [0.1, 0.15) is 76.4 Å². The van der Waals surface area contributed by atoms with Gasteiger partial charge in [0.05, 0.1) is 0 Å². The molecule has 1 N–H and O–H groups in total. The largest absolute Gasteiger partial charge is 0.356 e. The van der Waals surface area contributed by atoms with Gasteiger partial charge in [0.2, 0.25) is 17.7 Å². The number of nitrogens with zero attached hydrogens (tertiary/aromatic N) is 3. The fraction of sp³-hybridized carbons (Fsp3) is 0.765. The van der Waals surface area contributed by atoms with Gasteiger partial charge < -0.3 is 14.7 Å². The lowest BCUT2D eigenvalue weighted by molar-refractivity contribution is -0.131. The van der Waals surface area contributed by atoms with Crippen LogP contribution in [0.3, 0.4) is 0 Å². The first-order chi connectivity index (χ1) is 11.5. The zero-order valence-corrected chi connectivity index (χ0v) is 14.9. The van der Waals surface area contributed by atoms with Crippen LogP contribution >= 0.6 is 0 Å². The predicted octanol–water partition coefficient (Wildman–Crippen LogP) is 2.21. The molecule has 2 rings (SSSR count). The summed E-state index contributed by atoms with van der Waals surface area (Å²) in [6, 6.07) is 0. The maximum absolute atomic E-state index is 12.0. The Labute approximate surface area is 143 Å². The summed E-state index contributed by atoms with van der Waals surface area (Å²) < 4.78 is 5.43. The summed E-state index contributed by atoms with van der Waals surface area (Å²) >= 11 is 0. The molecule has 1 aliphatic heterocycles. The molecule has 0 radical (unpaired) electrons. The molecule has 0 aromatic carbocycles. The van der Waals surface area contributed by atoms with Crippen molar-refractivity contribution in [1.29, 1.82) is 0 Å². The molecule has 24 heavy (non-hydrogen) atoms. The van der Waals surface area contributed by atoms with E-state index in [-0.39, 0.29) is 23.7 Å². The Hall–Kier alpha value is -1.92. The molecule has 0 spiro atoms. The summed E-state index contributed by atoms with van der Waals surface area (Å²) in [6.07, 6.45) is 3.32. The van der Waals surface area contributed by atoms with Gasteiger partial charge in [0.15, 0.2) is 5.82 Å². The molecule has 1 aromatic rings. The monoisotopic (exact) mass is 336 g/mol. The third-order valence-corrected chi connectivity index (χ3v) is 4.38. The predicted molar refractivity (Wildman–Crippen MR) is 89.5 cm³/mol. The molecule has 1 aromatic heterocycles. The van der Waals surface area contributed by atoms with E-state index in [1.165, 1.54) is 0 Å². The minimum Gasteiger partial charge on any atom is -0.356 e. The average Bonchev–Trinajstić information content (AvgIpc) is 3.04. The molecule has 1 aliphatic rings. The maximum atomic E-state index is 12.0. The quantitative estimate of drug-likeness (QED) is 0.914. The van der Waals surface area contributed by atoms with Crippen LogP contribution in [0, 0.1) is 0 Å². The maximum Gasteiger partial charge on any atom is 0.229 e. The highest BCUT2D eigenvalue weighted by Crippen LogP contribution is 2.25. The summed E-state index contributed by atoms with van der Waals surface area (Å²) in [5, 5.41) is 6.96. The van der Waals surface area contributed by atoms with Crippen LogP contribution in [-0.4, -0.2) is 46.5 Å². The van der Waals surface area contributed by atoms with Gasteiger partial charge in [-0.15, -0.1) is 0 Å². The van der Waals surface area contributed by atoms with Gasteiger partial charge in [0.1, 0.15) is 0 Å². The molecule has 1 fully saturated rings. The summed E-state index contributed by atoms with van der Waals surface area (Å²) in [5.41, 5.74) is 0. The highest BCUT2D eigenvalue weighted by Gasteiger charge is 2.22. The lowest BCUT2D eigenvalue weighted by atomic mass is 9.99. The molecular weight excluding hydrogens is 308 g/mol. The molecular formula is C17H28N4O3. The van der Waals surface area contributed by atoms with E-state index in [2.05, 4.69) is 15.5 Å². The van der Waals surface area contributed by atoms with Crippen LogP contribution in [0.5, 0.6) is 0 Å². The van der Waals surface area contributed by atoms with Crippen LogP contribution in [-0.2, 0) is 9.59 Å². The van der Waals surface area contributed by atoms with Gasteiger partial charge >= 0.3 is 0 Å². The Morgan fingerprint density at radius 3 is 2.83 bits per heavy atom. The lowest BCUT2D eigenvalue weighted by Gasteiger charge is -2.22. The molecule has 2 heterocycles. The molecule has 0 aliphatic carbocycles. The Morgan fingerprint density at radius 1 is 1.38 bits per heavy atom. The summed E-state index contributed by atoms with van der Waals surface area (Å²) in [6.45, 7) is 7.65. The van der Waals surface area contributed by atoms with Gasteiger partial charge in [-0.1, -0.05) is 25.9 Å². The zero-order chi connectivity index (χ0) is 17.5. The SMILES string of the molecule is CCC(=O)N1CCCC(c2nc(C(C)C)no2)CCNC(=O)CC1. The molecule has 1 saturated heterocycles. The van der Waals surface area contributed by atoms with E-state index in [1.807, 2.05) is 20.8 Å². The number of hydrogen-bond donors (Lipinski definition) is 1. The van der Waals surface area contributed by atoms with E-state index in [1.54, 1.807) is 4.90 Å². The lowest BCUT2D eigenvalue weighted by Crippen LogP contribution is -2.35. The molecule has 134 valence electrons. The number of aromatic nitrogens is 2. The number of carbonyl (C=O) groups excluding carboxylic acids is 2. The van der Waals surface area contributed by atoms with Gasteiger partial charge in [-0.3, -0.25) is 9.59 Å². The third-order valence-electron chi connectivity index (χ3n) is 4.38. The van der Waals surface area contributed by atoms with Crippen molar-refractivity contribution < 1.29 is 14.1 Å². The van der Waals surface area contributed by atoms with Crippen LogP contribution in [0.25, 0.3) is 0 Å². The fourth-order valence-electron chi connectivity index (χ4n) is 2.86. The smallest absolute Gasteiger partial charge is 0.229 e. The van der Waals surface area contributed by atoms with Crippen LogP contribution in [0.2, 0.25) is 0 Å². The number of carbonyl (C=O) groups is 2. The van der Waals surface area contributed by atoms with E-state index in [9.17, 15) is 9.59 Å². The van der Waals surface area contributed by atoms with Gasteiger partial charge in [0, 0.05) is 44.3 Å². The van der Waals surface area contributed by atoms with Crippen molar-refractivity contribution >= 4 is 11.8 Å². The minimum atomic E-state index is -0.0158. The van der Waals surface area contributed by atoms with Gasteiger partial charge in [-0.2, -0.15) is 4.98 Å². The Morgan fingerprint density at radius 2 is 2.17 bits per heavy atom. The van der Waals surface area contributed by atoms with Gasteiger partial charge in [0.25, 0.3) is 0 Å². The normalized spacial score (nSPS) is 20.6. The molecule has 1 atom stereocenters. The molecule has 1 unspecified atom stereocenters. The zero-order valence-electron chi connectivity index (χ0n) is 14.9. The van der Waals surface area contributed by atoms with E-state index >= 15 is 0 Å². The van der Waals surface area contributed by atoms with Crippen molar-refractivity contribution in [2.75, 3.05) is 19.6 Å². The second kappa shape index (κ2) is 8.80. The highest BCUT2D eigenvalue weighted by molar-refractivity contribution is 5.78. The minimum absolute atomic E-state index is 0.0158. The summed E-state index contributed by atoms with van der Waals surface area (Å²) in [5.74, 6) is 1.77. The van der Waals surface area contributed by atoms with Crippen LogP contribution < -0.4 is 5.32 Å². The van der Waals surface area contributed by atoms with E-state index < -0.39 is 0 Å². The average molecular weight is 336 g/mol.